The predicted molar refractivity (Wildman–Crippen MR) is 121 cm³/mol. The summed E-state index contributed by atoms with van der Waals surface area (Å²) in [6.45, 7) is 6.22. The SMILES string of the molecule is CCCCNC(=O)[C@H](C)N(Cc1ccccc1Cl)C(=O)COc1ccc(Cl)c(C)c1. The summed E-state index contributed by atoms with van der Waals surface area (Å²) in [5.74, 6) is 0.0369. The van der Waals surface area contributed by atoms with Crippen LogP contribution in [0.3, 0.4) is 0 Å². The van der Waals surface area contributed by atoms with Crippen LogP contribution in [0.15, 0.2) is 42.5 Å². The van der Waals surface area contributed by atoms with Gasteiger partial charge in [0.2, 0.25) is 5.91 Å². The first-order valence-corrected chi connectivity index (χ1v) is 10.8. The molecule has 0 radical (unpaired) electrons. The molecule has 0 aliphatic heterocycles. The van der Waals surface area contributed by atoms with E-state index in [1.165, 1.54) is 4.90 Å². The Morgan fingerprint density at radius 1 is 1.13 bits per heavy atom. The van der Waals surface area contributed by atoms with Gasteiger partial charge in [-0.1, -0.05) is 54.7 Å². The fraction of sp³-hybridized carbons (Fsp3) is 0.391. The second kappa shape index (κ2) is 11.8. The van der Waals surface area contributed by atoms with Crippen molar-refractivity contribution in [3.8, 4) is 5.75 Å². The highest BCUT2D eigenvalue weighted by molar-refractivity contribution is 6.31. The number of hydrogen-bond donors (Lipinski definition) is 1. The molecule has 0 aromatic heterocycles. The third kappa shape index (κ3) is 6.92. The Labute approximate surface area is 188 Å². The maximum Gasteiger partial charge on any atom is 0.261 e. The molecule has 0 saturated carbocycles. The number of nitrogens with one attached hydrogen (secondary N) is 1. The molecule has 2 amide bonds. The van der Waals surface area contributed by atoms with Gasteiger partial charge in [-0.15, -0.1) is 0 Å². The molecule has 0 unspecified atom stereocenters. The van der Waals surface area contributed by atoms with Gasteiger partial charge in [0.15, 0.2) is 6.61 Å². The van der Waals surface area contributed by atoms with E-state index in [0.717, 1.165) is 24.0 Å². The summed E-state index contributed by atoms with van der Waals surface area (Å²) in [6.07, 6.45) is 1.86. The normalized spacial score (nSPS) is 11.6. The van der Waals surface area contributed by atoms with E-state index in [2.05, 4.69) is 12.2 Å². The van der Waals surface area contributed by atoms with E-state index in [1.54, 1.807) is 31.2 Å². The van der Waals surface area contributed by atoms with Crippen molar-refractivity contribution in [2.24, 2.45) is 0 Å². The Morgan fingerprint density at radius 3 is 2.53 bits per heavy atom. The molecule has 0 bridgehead atoms. The third-order valence-corrected chi connectivity index (χ3v) is 5.58. The Bertz CT molecular complexity index is 873. The third-order valence-electron chi connectivity index (χ3n) is 4.79. The van der Waals surface area contributed by atoms with Crippen LogP contribution in [0, 0.1) is 6.92 Å². The molecular weight excluding hydrogens is 423 g/mol. The van der Waals surface area contributed by atoms with Gasteiger partial charge in [0.05, 0.1) is 0 Å². The minimum absolute atomic E-state index is 0.196. The fourth-order valence-electron chi connectivity index (χ4n) is 2.86. The van der Waals surface area contributed by atoms with Gasteiger partial charge in [0.25, 0.3) is 5.91 Å². The van der Waals surface area contributed by atoms with Crippen LogP contribution in [0.5, 0.6) is 5.75 Å². The molecule has 2 aromatic rings. The number of carbonyl (C=O) groups excluding carboxylic acids is 2. The van der Waals surface area contributed by atoms with E-state index >= 15 is 0 Å². The second-order valence-electron chi connectivity index (χ2n) is 7.13. The van der Waals surface area contributed by atoms with Gasteiger partial charge in [-0.3, -0.25) is 9.59 Å². The van der Waals surface area contributed by atoms with E-state index in [-0.39, 0.29) is 25.0 Å². The maximum absolute atomic E-state index is 13.0. The van der Waals surface area contributed by atoms with Gasteiger partial charge >= 0.3 is 0 Å². The highest BCUT2D eigenvalue weighted by Gasteiger charge is 2.27. The van der Waals surface area contributed by atoms with E-state index in [0.29, 0.717) is 22.3 Å². The molecule has 1 N–H and O–H groups in total. The first-order chi connectivity index (χ1) is 14.3. The number of aryl methyl sites for hydroxylation is 1. The molecule has 0 saturated heterocycles. The summed E-state index contributed by atoms with van der Waals surface area (Å²) >= 11 is 12.3. The summed E-state index contributed by atoms with van der Waals surface area (Å²) in [7, 11) is 0. The van der Waals surface area contributed by atoms with Crippen LogP contribution in [0.2, 0.25) is 10.0 Å². The van der Waals surface area contributed by atoms with Crippen LogP contribution in [-0.2, 0) is 16.1 Å². The number of amides is 2. The summed E-state index contributed by atoms with van der Waals surface area (Å²) in [4.78, 5) is 27.1. The average Bonchev–Trinajstić information content (AvgIpc) is 2.73. The largest absolute Gasteiger partial charge is 0.484 e. The number of benzene rings is 2. The second-order valence-corrected chi connectivity index (χ2v) is 7.95. The minimum atomic E-state index is -0.666. The van der Waals surface area contributed by atoms with Crippen molar-refractivity contribution in [2.75, 3.05) is 13.2 Å². The van der Waals surface area contributed by atoms with Crippen molar-refractivity contribution in [3.05, 3.63) is 63.6 Å². The molecule has 0 spiro atoms. The summed E-state index contributed by atoms with van der Waals surface area (Å²) in [5.41, 5.74) is 1.63. The highest BCUT2D eigenvalue weighted by Crippen LogP contribution is 2.22. The number of ether oxygens (including phenoxy) is 1. The number of rotatable bonds is 10. The number of nitrogens with zero attached hydrogens (tertiary/aromatic N) is 1. The molecule has 0 aliphatic rings. The highest BCUT2D eigenvalue weighted by atomic mass is 35.5. The molecule has 1 atom stereocenters. The van der Waals surface area contributed by atoms with Crippen molar-refractivity contribution in [1.82, 2.24) is 10.2 Å². The zero-order chi connectivity index (χ0) is 22.1. The van der Waals surface area contributed by atoms with Gasteiger partial charge in [-0.05, 0) is 55.7 Å². The average molecular weight is 451 g/mol. The predicted octanol–water partition coefficient (Wildman–Crippen LogP) is 5.01. The van der Waals surface area contributed by atoms with Crippen LogP contribution < -0.4 is 10.1 Å². The van der Waals surface area contributed by atoms with Crippen molar-refractivity contribution < 1.29 is 14.3 Å². The monoisotopic (exact) mass is 450 g/mol. The molecule has 0 fully saturated rings. The Kier molecular flexibility index (Phi) is 9.47. The van der Waals surface area contributed by atoms with Gasteiger partial charge < -0.3 is 15.0 Å². The number of carbonyl (C=O) groups is 2. The molecule has 0 heterocycles. The summed E-state index contributed by atoms with van der Waals surface area (Å²) in [6, 6.07) is 11.8. The van der Waals surface area contributed by atoms with Crippen LogP contribution in [0.4, 0.5) is 0 Å². The number of hydrogen-bond acceptors (Lipinski definition) is 3. The van der Waals surface area contributed by atoms with Crippen molar-refractivity contribution in [2.45, 2.75) is 46.2 Å². The molecule has 2 rings (SSSR count). The van der Waals surface area contributed by atoms with E-state index in [9.17, 15) is 9.59 Å². The Morgan fingerprint density at radius 2 is 1.87 bits per heavy atom. The Balaban J connectivity index is 2.14. The van der Waals surface area contributed by atoms with Crippen molar-refractivity contribution in [3.63, 3.8) is 0 Å². The van der Waals surface area contributed by atoms with E-state index in [4.69, 9.17) is 27.9 Å². The van der Waals surface area contributed by atoms with Crippen molar-refractivity contribution >= 4 is 35.0 Å². The van der Waals surface area contributed by atoms with Gasteiger partial charge in [-0.2, -0.15) is 0 Å². The minimum Gasteiger partial charge on any atom is -0.484 e. The number of halogens is 2. The lowest BCUT2D eigenvalue weighted by molar-refractivity contribution is -0.142. The topological polar surface area (TPSA) is 58.6 Å². The molecule has 7 heteroatoms. The molecule has 30 heavy (non-hydrogen) atoms. The quantitative estimate of drug-likeness (QED) is 0.517. The molecule has 5 nitrogen and oxygen atoms in total. The van der Waals surface area contributed by atoms with Gasteiger partial charge in [0, 0.05) is 23.1 Å². The maximum atomic E-state index is 13.0. The Hall–Kier alpha value is -2.24. The molecule has 0 aliphatic carbocycles. The molecule has 2 aromatic carbocycles. The van der Waals surface area contributed by atoms with Crippen LogP contribution >= 0.6 is 23.2 Å². The first kappa shape index (κ1) is 24.0. The van der Waals surface area contributed by atoms with Crippen molar-refractivity contribution in [1.29, 1.82) is 0 Å². The van der Waals surface area contributed by atoms with Gasteiger partial charge in [0.1, 0.15) is 11.8 Å². The summed E-state index contributed by atoms with van der Waals surface area (Å²) in [5, 5.41) is 4.06. The lowest BCUT2D eigenvalue weighted by atomic mass is 10.1. The van der Waals surface area contributed by atoms with Crippen LogP contribution in [0.1, 0.15) is 37.8 Å². The zero-order valence-electron chi connectivity index (χ0n) is 17.6. The zero-order valence-corrected chi connectivity index (χ0v) is 19.1. The number of unbranched alkanes of at least 4 members (excludes halogenated alkanes) is 1. The van der Waals surface area contributed by atoms with Crippen LogP contribution in [-0.4, -0.2) is 35.9 Å². The fourth-order valence-corrected chi connectivity index (χ4v) is 3.18. The van der Waals surface area contributed by atoms with Gasteiger partial charge in [-0.25, -0.2) is 0 Å². The smallest absolute Gasteiger partial charge is 0.261 e. The molecular formula is C23H28Cl2N2O3. The van der Waals surface area contributed by atoms with Crippen LogP contribution in [0.25, 0.3) is 0 Å². The first-order valence-electron chi connectivity index (χ1n) is 10.0. The summed E-state index contributed by atoms with van der Waals surface area (Å²) < 4.78 is 5.67. The molecule has 162 valence electrons. The lowest BCUT2D eigenvalue weighted by Gasteiger charge is -2.29. The van der Waals surface area contributed by atoms with E-state index in [1.807, 2.05) is 25.1 Å². The lowest BCUT2D eigenvalue weighted by Crippen LogP contribution is -2.49. The standard InChI is InChI=1S/C23H28Cl2N2O3/c1-4-5-12-26-23(29)17(3)27(14-18-8-6-7-9-21(18)25)22(28)15-30-19-10-11-20(24)16(2)13-19/h6-11,13,17H,4-5,12,14-15H2,1-3H3,(H,26,29)/t17-/m0/s1. The van der Waals surface area contributed by atoms with E-state index < -0.39 is 6.04 Å².